The predicted octanol–water partition coefficient (Wildman–Crippen LogP) is 2.58. The van der Waals surface area contributed by atoms with Crippen molar-refractivity contribution in [2.45, 2.75) is 25.6 Å². The van der Waals surface area contributed by atoms with Gasteiger partial charge in [-0.2, -0.15) is 0 Å². The summed E-state index contributed by atoms with van der Waals surface area (Å²) >= 11 is 3.49. The zero-order valence-corrected chi connectivity index (χ0v) is 12.8. The molecule has 0 bridgehead atoms. The van der Waals surface area contributed by atoms with Crippen LogP contribution in [0.3, 0.4) is 0 Å². The molecule has 1 atom stereocenters. The van der Waals surface area contributed by atoms with Gasteiger partial charge in [0.1, 0.15) is 5.82 Å². The highest BCUT2D eigenvalue weighted by atomic mass is 79.9. The van der Waals surface area contributed by atoms with E-state index >= 15 is 0 Å². The topological polar surface area (TPSA) is 41.3 Å². The normalized spacial score (nSPS) is 16.9. The lowest BCUT2D eigenvalue weighted by Gasteiger charge is -2.28. The summed E-state index contributed by atoms with van der Waals surface area (Å²) in [6.45, 7) is 3.76. The first-order valence-corrected chi connectivity index (χ1v) is 7.68. The van der Waals surface area contributed by atoms with Crippen LogP contribution in [0, 0.1) is 0 Å². The van der Waals surface area contributed by atoms with Gasteiger partial charge in [-0.05, 0) is 18.1 Å². The SMILES string of the molecule is OC(CCN1CCn2ccnc2C1)c1ccccc1Br. The summed E-state index contributed by atoms with van der Waals surface area (Å²) in [5.41, 5.74) is 0.964. The number of nitrogens with zero attached hydrogens (tertiary/aromatic N) is 3. The smallest absolute Gasteiger partial charge is 0.122 e. The lowest BCUT2D eigenvalue weighted by molar-refractivity contribution is 0.129. The Hall–Kier alpha value is -1.17. The van der Waals surface area contributed by atoms with Gasteiger partial charge in [0.15, 0.2) is 0 Å². The maximum Gasteiger partial charge on any atom is 0.122 e. The molecule has 0 fully saturated rings. The molecule has 0 spiro atoms. The van der Waals surface area contributed by atoms with Gasteiger partial charge in [-0.1, -0.05) is 34.1 Å². The molecule has 4 nitrogen and oxygen atoms in total. The monoisotopic (exact) mass is 335 g/mol. The van der Waals surface area contributed by atoms with Crippen LogP contribution in [0.25, 0.3) is 0 Å². The largest absolute Gasteiger partial charge is 0.388 e. The Morgan fingerprint density at radius 2 is 2.15 bits per heavy atom. The van der Waals surface area contributed by atoms with Crippen molar-refractivity contribution in [1.29, 1.82) is 0 Å². The van der Waals surface area contributed by atoms with Crippen molar-refractivity contribution in [2.75, 3.05) is 13.1 Å². The van der Waals surface area contributed by atoms with Crippen LogP contribution in [-0.4, -0.2) is 32.6 Å². The molecule has 1 aliphatic heterocycles. The van der Waals surface area contributed by atoms with Gasteiger partial charge < -0.3 is 9.67 Å². The molecule has 3 rings (SSSR count). The lowest BCUT2D eigenvalue weighted by Crippen LogP contribution is -2.34. The number of aliphatic hydroxyl groups excluding tert-OH is 1. The Bertz CT molecular complexity index is 584. The van der Waals surface area contributed by atoms with Crippen molar-refractivity contribution in [3.05, 3.63) is 52.5 Å². The average molecular weight is 336 g/mol. The molecule has 1 aromatic heterocycles. The molecule has 0 amide bonds. The molecule has 5 heteroatoms. The van der Waals surface area contributed by atoms with Gasteiger partial charge in [-0.15, -0.1) is 0 Å². The van der Waals surface area contributed by atoms with Crippen molar-refractivity contribution in [3.8, 4) is 0 Å². The number of aliphatic hydroxyl groups is 1. The number of hydrogen-bond acceptors (Lipinski definition) is 3. The number of halogens is 1. The molecule has 0 aliphatic carbocycles. The van der Waals surface area contributed by atoms with Crippen LogP contribution in [0.2, 0.25) is 0 Å². The Morgan fingerprint density at radius 1 is 1.30 bits per heavy atom. The highest BCUT2D eigenvalue weighted by molar-refractivity contribution is 9.10. The van der Waals surface area contributed by atoms with Crippen LogP contribution in [0.1, 0.15) is 23.9 Å². The van der Waals surface area contributed by atoms with Gasteiger partial charge in [-0.25, -0.2) is 4.98 Å². The summed E-state index contributed by atoms with van der Waals surface area (Å²) in [6.07, 6.45) is 4.20. The first-order chi connectivity index (χ1) is 9.74. The zero-order chi connectivity index (χ0) is 13.9. The summed E-state index contributed by atoms with van der Waals surface area (Å²) in [6, 6.07) is 7.86. The highest BCUT2D eigenvalue weighted by Gasteiger charge is 2.18. The standard InChI is InChI=1S/C15H18BrN3O/c16-13-4-2-1-3-12(13)14(20)5-7-18-9-10-19-8-6-17-15(19)11-18/h1-4,6,8,14,20H,5,7,9-11H2. The summed E-state index contributed by atoms with van der Waals surface area (Å²) in [7, 11) is 0. The summed E-state index contributed by atoms with van der Waals surface area (Å²) < 4.78 is 3.17. The van der Waals surface area contributed by atoms with E-state index in [1.54, 1.807) is 0 Å². The second-order valence-corrected chi connectivity index (χ2v) is 5.99. The number of imidazole rings is 1. The number of fused-ring (bicyclic) bond motifs is 1. The van der Waals surface area contributed by atoms with Gasteiger partial charge in [0, 0.05) is 36.5 Å². The van der Waals surface area contributed by atoms with Crippen LogP contribution in [-0.2, 0) is 13.1 Å². The van der Waals surface area contributed by atoms with Crippen molar-refractivity contribution in [1.82, 2.24) is 14.5 Å². The van der Waals surface area contributed by atoms with E-state index in [-0.39, 0.29) is 0 Å². The van der Waals surface area contributed by atoms with Crippen molar-refractivity contribution in [2.24, 2.45) is 0 Å². The first-order valence-electron chi connectivity index (χ1n) is 6.89. The fourth-order valence-corrected chi connectivity index (χ4v) is 3.17. The van der Waals surface area contributed by atoms with Crippen LogP contribution >= 0.6 is 15.9 Å². The third-order valence-electron chi connectivity index (χ3n) is 3.81. The molecular formula is C15H18BrN3O. The Kier molecular flexibility index (Phi) is 4.19. The van der Waals surface area contributed by atoms with Gasteiger partial charge >= 0.3 is 0 Å². The van der Waals surface area contributed by atoms with Crippen LogP contribution < -0.4 is 0 Å². The molecule has 20 heavy (non-hydrogen) atoms. The molecule has 1 aliphatic rings. The number of aromatic nitrogens is 2. The number of hydrogen-bond donors (Lipinski definition) is 1. The Balaban J connectivity index is 1.57. The Labute approximate surface area is 127 Å². The summed E-state index contributed by atoms with van der Waals surface area (Å²) in [5, 5.41) is 10.3. The predicted molar refractivity (Wildman–Crippen MR) is 81.2 cm³/mol. The molecule has 1 aromatic carbocycles. The third-order valence-corrected chi connectivity index (χ3v) is 4.53. The minimum atomic E-state index is -0.424. The number of rotatable bonds is 4. The fourth-order valence-electron chi connectivity index (χ4n) is 2.62. The first kappa shape index (κ1) is 13.8. The van der Waals surface area contributed by atoms with Crippen LogP contribution in [0.5, 0.6) is 0 Å². The molecule has 1 unspecified atom stereocenters. The summed E-state index contributed by atoms with van der Waals surface area (Å²) in [4.78, 5) is 6.71. The van der Waals surface area contributed by atoms with E-state index in [2.05, 4.69) is 30.4 Å². The van der Waals surface area contributed by atoms with E-state index in [4.69, 9.17) is 0 Å². The highest BCUT2D eigenvalue weighted by Crippen LogP contribution is 2.25. The summed E-state index contributed by atoms with van der Waals surface area (Å²) in [5.74, 6) is 1.12. The van der Waals surface area contributed by atoms with Crippen molar-refractivity contribution < 1.29 is 5.11 Å². The van der Waals surface area contributed by atoms with Gasteiger partial charge in [0.05, 0.1) is 12.6 Å². The number of benzene rings is 1. The zero-order valence-electron chi connectivity index (χ0n) is 11.2. The molecule has 0 saturated carbocycles. The maximum atomic E-state index is 10.3. The average Bonchev–Trinajstić information content (AvgIpc) is 2.92. The quantitative estimate of drug-likeness (QED) is 0.933. The van der Waals surface area contributed by atoms with E-state index in [0.717, 1.165) is 48.5 Å². The van der Waals surface area contributed by atoms with Crippen LogP contribution in [0.15, 0.2) is 41.1 Å². The van der Waals surface area contributed by atoms with E-state index in [0.29, 0.717) is 0 Å². The molecule has 2 heterocycles. The Morgan fingerprint density at radius 3 is 3.00 bits per heavy atom. The minimum Gasteiger partial charge on any atom is -0.388 e. The lowest BCUT2D eigenvalue weighted by atomic mass is 10.1. The van der Waals surface area contributed by atoms with Crippen molar-refractivity contribution in [3.63, 3.8) is 0 Å². The molecular weight excluding hydrogens is 318 g/mol. The minimum absolute atomic E-state index is 0.424. The van der Waals surface area contributed by atoms with E-state index in [9.17, 15) is 5.11 Å². The van der Waals surface area contributed by atoms with E-state index in [1.165, 1.54) is 0 Å². The molecule has 0 saturated heterocycles. The van der Waals surface area contributed by atoms with E-state index < -0.39 is 6.10 Å². The second kappa shape index (κ2) is 6.08. The molecule has 106 valence electrons. The van der Waals surface area contributed by atoms with E-state index in [1.807, 2.05) is 36.7 Å². The van der Waals surface area contributed by atoms with Gasteiger partial charge in [0.2, 0.25) is 0 Å². The fraction of sp³-hybridized carbons (Fsp3) is 0.400. The second-order valence-electron chi connectivity index (χ2n) is 5.14. The third kappa shape index (κ3) is 2.95. The molecule has 0 radical (unpaired) electrons. The van der Waals surface area contributed by atoms with Gasteiger partial charge in [0.25, 0.3) is 0 Å². The maximum absolute atomic E-state index is 10.3. The molecule has 2 aromatic rings. The van der Waals surface area contributed by atoms with Gasteiger partial charge in [-0.3, -0.25) is 4.90 Å². The van der Waals surface area contributed by atoms with Crippen molar-refractivity contribution >= 4 is 15.9 Å². The van der Waals surface area contributed by atoms with Crippen LogP contribution in [0.4, 0.5) is 0 Å². The molecule has 1 N–H and O–H groups in total.